The normalized spacial score (nSPS) is 10.5. The van der Waals surface area contributed by atoms with Gasteiger partial charge in [0, 0.05) is 17.0 Å². The predicted octanol–water partition coefficient (Wildman–Crippen LogP) is 4.03. The van der Waals surface area contributed by atoms with Crippen LogP contribution in [0.15, 0.2) is 34.7 Å². The lowest BCUT2D eigenvalue weighted by molar-refractivity contribution is 0.101. The van der Waals surface area contributed by atoms with Crippen molar-refractivity contribution in [3.05, 3.63) is 58.0 Å². The number of hydrogen-bond acceptors (Lipinski definition) is 2. The first kappa shape index (κ1) is 11.9. The average Bonchev–Trinajstić information content (AvgIpc) is 2.76. The Morgan fingerprint density at radius 2 is 2.06 bits per heavy atom. The molecule has 2 nitrogen and oxygen atoms in total. The molecular formula is C14H13ClO2. The minimum Gasteiger partial charge on any atom is -0.458 e. The largest absolute Gasteiger partial charge is 0.458 e. The molecule has 0 saturated heterocycles. The van der Waals surface area contributed by atoms with Gasteiger partial charge in [0.25, 0.3) is 0 Å². The fraction of sp³-hybridized carbons (Fsp3) is 0.214. The van der Waals surface area contributed by atoms with E-state index < -0.39 is 0 Å². The number of aryl methyl sites for hydroxylation is 2. The number of carbonyl (C=O) groups is 1. The predicted molar refractivity (Wildman–Crippen MR) is 67.7 cm³/mol. The van der Waals surface area contributed by atoms with Crippen molar-refractivity contribution in [2.75, 3.05) is 0 Å². The Morgan fingerprint density at radius 3 is 2.65 bits per heavy atom. The van der Waals surface area contributed by atoms with Crippen LogP contribution in [0, 0.1) is 6.92 Å². The molecule has 0 fully saturated rings. The van der Waals surface area contributed by atoms with Crippen molar-refractivity contribution >= 4 is 17.4 Å². The van der Waals surface area contributed by atoms with Gasteiger partial charge < -0.3 is 4.42 Å². The summed E-state index contributed by atoms with van der Waals surface area (Å²) < 4.78 is 5.45. The summed E-state index contributed by atoms with van der Waals surface area (Å²) in [5, 5.41) is 0.632. The molecule has 0 bridgehead atoms. The van der Waals surface area contributed by atoms with Crippen molar-refractivity contribution < 1.29 is 9.21 Å². The lowest BCUT2D eigenvalue weighted by Crippen LogP contribution is -2.02. The van der Waals surface area contributed by atoms with Crippen molar-refractivity contribution in [2.45, 2.75) is 20.3 Å². The molecule has 0 amide bonds. The molecule has 0 aliphatic carbocycles. The second-order valence-electron chi connectivity index (χ2n) is 3.91. The highest BCUT2D eigenvalue weighted by Crippen LogP contribution is 2.20. The number of benzene rings is 1. The fourth-order valence-electron chi connectivity index (χ4n) is 1.70. The number of hydrogen-bond donors (Lipinski definition) is 0. The molecular weight excluding hydrogens is 236 g/mol. The smallest absolute Gasteiger partial charge is 0.228 e. The molecule has 0 atom stereocenters. The van der Waals surface area contributed by atoms with Crippen molar-refractivity contribution in [3.63, 3.8) is 0 Å². The van der Waals surface area contributed by atoms with Crippen LogP contribution in [0.4, 0.5) is 0 Å². The number of carbonyl (C=O) groups excluding carboxylic acids is 1. The van der Waals surface area contributed by atoms with Gasteiger partial charge in [-0.2, -0.15) is 0 Å². The first-order valence-electron chi connectivity index (χ1n) is 5.51. The van der Waals surface area contributed by atoms with Gasteiger partial charge in [0.15, 0.2) is 5.76 Å². The highest BCUT2D eigenvalue weighted by molar-refractivity contribution is 6.30. The number of halogens is 1. The molecule has 0 radical (unpaired) electrons. The van der Waals surface area contributed by atoms with E-state index in [2.05, 4.69) is 0 Å². The Balaban J connectivity index is 2.36. The van der Waals surface area contributed by atoms with E-state index in [0.29, 0.717) is 16.3 Å². The quantitative estimate of drug-likeness (QED) is 0.768. The summed E-state index contributed by atoms with van der Waals surface area (Å²) in [6, 6.07) is 8.77. The van der Waals surface area contributed by atoms with Crippen LogP contribution in [0.3, 0.4) is 0 Å². The second kappa shape index (κ2) is 4.76. The monoisotopic (exact) mass is 248 g/mol. The van der Waals surface area contributed by atoms with E-state index in [1.54, 1.807) is 24.3 Å². The van der Waals surface area contributed by atoms with E-state index in [1.807, 2.05) is 19.9 Å². The number of furan rings is 1. The van der Waals surface area contributed by atoms with E-state index in [0.717, 1.165) is 17.7 Å². The van der Waals surface area contributed by atoms with E-state index in [4.69, 9.17) is 16.0 Å². The Bertz CT molecular complexity index is 555. The third-order valence-electron chi connectivity index (χ3n) is 2.67. The number of ketones is 1. The minimum absolute atomic E-state index is 0.0983. The van der Waals surface area contributed by atoms with Crippen LogP contribution in [0.1, 0.15) is 34.4 Å². The third kappa shape index (κ3) is 2.42. The van der Waals surface area contributed by atoms with Gasteiger partial charge in [-0.15, -0.1) is 0 Å². The summed E-state index contributed by atoms with van der Waals surface area (Å²) in [5.41, 5.74) is 1.49. The molecule has 3 heteroatoms. The van der Waals surface area contributed by atoms with Crippen LogP contribution in [0.25, 0.3) is 0 Å². The van der Waals surface area contributed by atoms with Crippen molar-refractivity contribution in [1.82, 2.24) is 0 Å². The lowest BCUT2D eigenvalue weighted by atomic mass is 10.0. The zero-order chi connectivity index (χ0) is 12.4. The highest BCUT2D eigenvalue weighted by atomic mass is 35.5. The molecule has 1 aromatic carbocycles. The van der Waals surface area contributed by atoms with E-state index in [1.165, 1.54) is 0 Å². The van der Waals surface area contributed by atoms with Gasteiger partial charge >= 0.3 is 0 Å². The molecule has 0 spiro atoms. The highest BCUT2D eigenvalue weighted by Gasteiger charge is 2.15. The summed E-state index contributed by atoms with van der Waals surface area (Å²) in [6.45, 7) is 3.85. The summed E-state index contributed by atoms with van der Waals surface area (Å²) in [6.07, 6.45) is 0.785. The van der Waals surface area contributed by atoms with Gasteiger partial charge in [0.1, 0.15) is 5.76 Å². The van der Waals surface area contributed by atoms with Crippen molar-refractivity contribution in [3.8, 4) is 0 Å². The van der Waals surface area contributed by atoms with Crippen LogP contribution in [0.5, 0.6) is 0 Å². The van der Waals surface area contributed by atoms with E-state index >= 15 is 0 Å². The molecule has 0 aliphatic rings. The standard InChI is InChI=1S/C14H13ClO2/c1-3-11-5-7-13(17-11)14(16)12-6-4-10(15)8-9(12)2/h4-8H,3H2,1-2H3. The Morgan fingerprint density at radius 1 is 1.29 bits per heavy atom. The molecule has 88 valence electrons. The fourth-order valence-corrected chi connectivity index (χ4v) is 1.93. The molecule has 2 rings (SSSR count). The Labute approximate surface area is 105 Å². The van der Waals surface area contributed by atoms with Gasteiger partial charge in [0.05, 0.1) is 0 Å². The maximum Gasteiger partial charge on any atom is 0.228 e. The first-order chi connectivity index (χ1) is 8.11. The zero-order valence-electron chi connectivity index (χ0n) is 9.79. The molecule has 0 aliphatic heterocycles. The van der Waals surface area contributed by atoms with Crippen LogP contribution in [-0.2, 0) is 6.42 Å². The van der Waals surface area contributed by atoms with Crippen LogP contribution < -0.4 is 0 Å². The third-order valence-corrected chi connectivity index (χ3v) is 2.90. The number of rotatable bonds is 3. The topological polar surface area (TPSA) is 30.2 Å². The molecule has 0 saturated carbocycles. The minimum atomic E-state index is -0.0983. The van der Waals surface area contributed by atoms with Crippen LogP contribution in [0.2, 0.25) is 5.02 Å². The summed E-state index contributed by atoms with van der Waals surface area (Å²) in [4.78, 5) is 12.2. The van der Waals surface area contributed by atoms with E-state index in [-0.39, 0.29) is 5.78 Å². The maximum absolute atomic E-state index is 12.2. The molecule has 0 N–H and O–H groups in total. The lowest BCUT2D eigenvalue weighted by Gasteiger charge is -2.03. The summed E-state index contributed by atoms with van der Waals surface area (Å²) >= 11 is 5.86. The van der Waals surface area contributed by atoms with Gasteiger partial charge in [-0.3, -0.25) is 4.79 Å². The van der Waals surface area contributed by atoms with Crippen molar-refractivity contribution in [2.24, 2.45) is 0 Å². The Kier molecular flexibility index (Phi) is 3.34. The molecule has 0 unspecified atom stereocenters. The van der Waals surface area contributed by atoms with Crippen molar-refractivity contribution in [1.29, 1.82) is 0 Å². The molecule has 17 heavy (non-hydrogen) atoms. The van der Waals surface area contributed by atoms with Crippen LogP contribution >= 0.6 is 11.6 Å². The summed E-state index contributed by atoms with van der Waals surface area (Å²) in [7, 11) is 0. The second-order valence-corrected chi connectivity index (χ2v) is 4.34. The van der Waals surface area contributed by atoms with Gasteiger partial charge in [-0.25, -0.2) is 0 Å². The van der Waals surface area contributed by atoms with E-state index in [9.17, 15) is 4.79 Å². The Hall–Kier alpha value is -1.54. The zero-order valence-corrected chi connectivity index (χ0v) is 10.5. The van der Waals surface area contributed by atoms with Crippen LogP contribution in [-0.4, -0.2) is 5.78 Å². The molecule has 1 heterocycles. The average molecular weight is 249 g/mol. The van der Waals surface area contributed by atoms with Gasteiger partial charge in [-0.05, 0) is 42.8 Å². The SMILES string of the molecule is CCc1ccc(C(=O)c2ccc(Cl)cc2C)o1. The van der Waals surface area contributed by atoms with Gasteiger partial charge in [0.2, 0.25) is 5.78 Å². The molecule has 2 aromatic rings. The maximum atomic E-state index is 12.2. The first-order valence-corrected chi connectivity index (χ1v) is 5.89. The summed E-state index contributed by atoms with van der Waals surface area (Å²) in [5.74, 6) is 1.10. The molecule has 1 aromatic heterocycles. The van der Waals surface area contributed by atoms with Gasteiger partial charge in [-0.1, -0.05) is 18.5 Å².